The Labute approximate surface area is 140 Å². The molecular formula is C19H19NO4. The zero-order valence-corrected chi connectivity index (χ0v) is 13.5. The van der Waals surface area contributed by atoms with Crippen molar-refractivity contribution in [3.05, 3.63) is 71.6 Å². The second kappa shape index (κ2) is 8.43. The molecule has 124 valence electrons. The number of amides is 1. The molecule has 0 aliphatic carbocycles. The van der Waals surface area contributed by atoms with Gasteiger partial charge >= 0.3 is 0 Å². The van der Waals surface area contributed by atoms with Crippen LogP contribution in [0.3, 0.4) is 0 Å². The summed E-state index contributed by atoms with van der Waals surface area (Å²) in [5, 5.41) is 11.9. The fraction of sp³-hybridized carbons (Fsp3) is 0.105. The molecule has 0 unspecified atom stereocenters. The fourth-order valence-electron chi connectivity index (χ4n) is 1.94. The Morgan fingerprint density at radius 1 is 1.00 bits per heavy atom. The zero-order valence-electron chi connectivity index (χ0n) is 13.5. The summed E-state index contributed by atoms with van der Waals surface area (Å²) in [5.74, 6) is 0.739. The molecule has 0 aliphatic heterocycles. The summed E-state index contributed by atoms with van der Waals surface area (Å²) in [6.45, 7) is 0. The van der Waals surface area contributed by atoms with Crippen LogP contribution in [0.2, 0.25) is 0 Å². The van der Waals surface area contributed by atoms with Crippen molar-refractivity contribution in [1.29, 1.82) is 0 Å². The Kier molecular flexibility index (Phi) is 6.02. The van der Waals surface area contributed by atoms with E-state index in [1.807, 2.05) is 24.3 Å². The first-order valence-corrected chi connectivity index (χ1v) is 7.28. The summed E-state index contributed by atoms with van der Waals surface area (Å²) >= 11 is 0. The van der Waals surface area contributed by atoms with E-state index in [0.29, 0.717) is 0 Å². The molecule has 0 atom stereocenters. The molecule has 0 saturated heterocycles. The second-order valence-electron chi connectivity index (χ2n) is 4.88. The number of hydrogen-bond acceptors (Lipinski definition) is 4. The maximum absolute atomic E-state index is 12.1. The fourth-order valence-corrected chi connectivity index (χ4v) is 1.94. The summed E-state index contributed by atoms with van der Waals surface area (Å²) in [5.41, 5.74) is 1.68. The number of aromatic hydroxyl groups is 1. The highest BCUT2D eigenvalue weighted by Gasteiger charge is 2.07. The molecule has 0 aliphatic rings. The van der Waals surface area contributed by atoms with Gasteiger partial charge in [0.25, 0.3) is 5.91 Å². The molecule has 2 rings (SSSR count). The Morgan fingerprint density at radius 2 is 1.62 bits per heavy atom. The zero-order chi connectivity index (χ0) is 17.4. The van der Waals surface area contributed by atoms with E-state index in [1.165, 1.54) is 7.11 Å². The minimum atomic E-state index is -0.365. The van der Waals surface area contributed by atoms with Gasteiger partial charge in [-0.25, -0.2) is 0 Å². The van der Waals surface area contributed by atoms with Gasteiger partial charge in [-0.3, -0.25) is 4.79 Å². The van der Waals surface area contributed by atoms with Crippen LogP contribution in [0.25, 0.3) is 12.2 Å². The minimum Gasteiger partial charge on any atom is -0.508 e. The van der Waals surface area contributed by atoms with Crippen LogP contribution in [0.5, 0.6) is 11.5 Å². The summed E-state index contributed by atoms with van der Waals surface area (Å²) in [7, 11) is 3.04. The third-order valence-corrected chi connectivity index (χ3v) is 3.24. The molecule has 0 aromatic heterocycles. The van der Waals surface area contributed by atoms with Gasteiger partial charge in [0.1, 0.15) is 11.5 Å². The van der Waals surface area contributed by atoms with Crippen molar-refractivity contribution in [1.82, 2.24) is 5.32 Å². The number of nitrogens with one attached hydrogen (secondary N) is 1. The second-order valence-corrected chi connectivity index (χ2v) is 4.88. The average molecular weight is 325 g/mol. The van der Waals surface area contributed by atoms with Gasteiger partial charge in [0.2, 0.25) is 0 Å². The van der Waals surface area contributed by atoms with E-state index in [1.54, 1.807) is 49.7 Å². The van der Waals surface area contributed by atoms with Crippen molar-refractivity contribution in [2.45, 2.75) is 0 Å². The highest BCUT2D eigenvalue weighted by Crippen LogP contribution is 2.14. The van der Waals surface area contributed by atoms with Gasteiger partial charge in [-0.05, 0) is 47.5 Å². The molecule has 0 fully saturated rings. The Balaban J connectivity index is 2.00. The lowest BCUT2D eigenvalue weighted by atomic mass is 10.2. The first-order valence-electron chi connectivity index (χ1n) is 7.28. The molecule has 2 aromatic carbocycles. The van der Waals surface area contributed by atoms with Gasteiger partial charge < -0.3 is 19.9 Å². The van der Waals surface area contributed by atoms with E-state index in [-0.39, 0.29) is 17.4 Å². The van der Waals surface area contributed by atoms with E-state index in [0.717, 1.165) is 16.9 Å². The van der Waals surface area contributed by atoms with Crippen LogP contribution < -0.4 is 10.1 Å². The van der Waals surface area contributed by atoms with E-state index < -0.39 is 0 Å². The SMILES string of the molecule is COC(=Cc1ccc(O)cc1)C(=O)NC=Cc1ccc(OC)cc1. The standard InChI is InChI=1S/C19H19NO4/c1-23-17-9-5-14(6-10-17)11-12-20-19(22)18(24-2)13-15-3-7-16(21)8-4-15/h3-13,21H,1-2H3,(H,20,22). The molecule has 2 aromatic rings. The first kappa shape index (κ1) is 17.1. The third kappa shape index (κ3) is 4.91. The number of ether oxygens (including phenoxy) is 2. The lowest BCUT2D eigenvalue weighted by Crippen LogP contribution is -2.20. The summed E-state index contributed by atoms with van der Waals surface area (Å²) in [4.78, 5) is 12.1. The first-order chi connectivity index (χ1) is 11.6. The van der Waals surface area contributed by atoms with Crippen molar-refractivity contribution in [2.24, 2.45) is 0 Å². The smallest absolute Gasteiger partial charge is 0.290 e. The van der Waals surface area contributed by atoms with Crippen molar-refractivity contribution in [3.63, 3.8) is 0 Å². The summed E-state index contributed by atoms with van der Waals surface area (Å²) in [6.07, 6.45) is 4.91. The maximum Gasteiger partial charge on any atom is 0.290 e. The molecule has 2 N–H and O–H groups in total. The van der Waals surface area contributed by atoms with E-state index in [9.17, 15) is 9.90 Å². The van der Waals surface area contributed by atoms with Crippen molar-refractivity contribution < 1.29 is 19.4 Å². The molecule has 0 radical (unpaired) electrons. The monoisotopic (exact) mass is 325 g/mol. The number of phenolic OH excluding ortho intramolecular Hbond substituents is 1. The lowest BCUT2D eigenvalue weighted by Gasteiger charge is -2.05. The number of carbonyl (C=O) groups is 1. The maximum atomic E-state index is 12.1. The quantitative estimate of drug-likeness (QED) is 0.632. The van der Waals surface area contributed by atoms with Crippen LogP contribution >= 0.6 is 0 Å². The summed E-state index contributed by atoms with van der Waals surface area (Å²) < 4.78 is 10.2. The Hall–Kier alpha value is -3.21. The van der Waals surface area contributed by atoms with E-state index in [2.05, 4.69) is 5.32 Å². The van der Waals surface area contributed by atoms with Crippen LogP contribution in [-0.4, -0.2) is 25.2 Å². The predicted molar refractivity (Wildman–Crippen MR) is 93.3 cm³/mol. The molecule has 24 heavy (non-hydrogen) atoms. The topological polar surface area (TPSA) is 67.8 Å². The minimum absolute atomic E-state index is 0.165. The highest BCUT2D eigenvalue weighted by molar-refractivity contribution is 5.96. The van der Waals surface area contributed by atoms with Crippen LogP contribution in [0.4, 0.5) is 0 Å². The summed E-state index contributed by atoms with van der Waals surface area (Å²) in [6, 6.07) is 13.9. The van der Waals surface area contributed by atoms with Crippen LogP contribution in [-0.2, 0) is 9.53 Å². The number of rotatable bonds is 6. The van der Waals surface area contributed by atoms with Crippen molar-refractivity contribution in [3.8, 4) is 11.5 Å². The van der Waals surface area contributed by atoms with Gasteiger partial charge in [0, 0.05) is 6.20 Å². The molecule has 5 heteroatoms. The number of hydrogen-bond donors (Lipinski definition) is 2. The van der Waals surface area contributed by atoms with E-state index >= 15 is 0 Å². The van der Waals surface area contributed by atoms with Crippen molar-refractivity contribution >= 4 is 18.1 Å². The van der Waals surface area contributed by atoms with Crippen LogP contribution in [0.15, 0.2) is 60.5 Å². The number of methoxy groups -OCH3 is 2. The molecule has 0 saturated carbocycles. The molecule has 0 bridgehead atoms. The van der Waals surface area contributed by atoms with Gasteiger partial charge in [-0.15, -0.1) is 0 Å². The molecule has 0 heterocycles. The Morgan fingerprint density at radius 3 is 2.21 bits per heavy atom. The molecular weight excluding hydrogens is 306 g/mol. The van der Waals surface area contributed by atoms with Gasteiger partial charge in [0.15, 0.2) is 5.76 Å². The molecule has 1 amide bonds. The van der Waals surface area contributed by atoms with Crippen LogP contribution in [0, 0.1) is 0 Å². The Bertz CT molecular complexity index is 731. The predicted octanol–water partition coefficient (Wildman–Crippen LogP) is 3.18. The third-order valence-electron chi connectivity index (χ3n) is 3.24. The van der Waals surface area contributed by atoms with Crippen LogP contribution in [0.1, 0.15) is 11.1 Å². The highest BCUT2D eigenvalue weighted by atomic mass is 16.5. The number of phenols is 1. The van der Waals surface area contributed by atoms with E-state index in [4.69, 9.17) is 9.47 Å². The van der Waals surface area contributed by atoms with Gasteiger partial charge in [0.05, 0.1) is 14.2 Å². The normalized spacial score (nSPS) is 11.3. The van der Waals surface area contributed by atoms with Crippen molar-refractivity contribution in [2.75, 3.05) is 14.2 Å². The molecule has 5 nitrogen and oxygen atoms in total. The number of carbonyl (C=O) groups excluding carboxylic acids is 1. The number of benzene rings is 2. The molecule has 0 spiro atoms. The van der Waals surface area contributed by atoms with Gasteiger partial charge in [-0.2, -0.15) is 0 Å². The average Bonchev–Trinajstić information content (AvgIpc) is 2.61. The van der Waals surface area contributed by atoms with Gasteiger partial charge in [-0.1, -0.05) is 24.3 Å². The largest absolute Gasteiger partial charge is 0.508 e. The lowest BCUT2D eigenvalue weighted by molar-refractivity contribution is -0.119.